The van der Waals surface area contributed by atoms with E-state index < -0.39 is 17.8 Å². The molecule has 0 fully saturated rings. The lowest BCUT2D eigenvalue weighted by Gasteiger charge is -2.35. The molecule has 1 aromatic carbocycles. The maximum absolute atomic E-state index is 12.9. The van der Waals surface area contributed by atoms with Crippen molar-refractivity contribution < 1.29 is 19.1 Å². The van der Waals surface area contributed by atoms with Crippen molar-refractivity contribution in [2.24, 2.45) is 0 Å². The van der Waals surface area contributed by atoms with E-state index >= 15 is 0 Å². The first-order chi connectivity index (χ1) is 14.7. The van der Waals surface area contributed by atoms with E-state index in [9.17, 15) is 9.59 Å². The van der Waals surface area contributed by atoms with Gasteiger partial charge in [0, 0.05) is 31.4 Å². The Morgan fingerprint density at radius 1 is 1.39 bits per heavy atom. The third kappa shape index (κ3) is 5.47. The summed E-state index contributed by atoms with van der Waals surface area (Å²) >= 11 is 6.46. The van der Waals surface area contributed by atoms with E-state index in [0.29, 0.717) is 41.5 Å². The number of nitrogens with zero attached hydrogens (tertiary/aromatic N) is 4. The number of nitriles is 1. The van der Waals surface area contributed by atoms with Crippen LogP contribution in [0.1, 0.15) is 33.6 Å². The first-order valence-electron chi connectivity index (χ1n) is 9.83. The number of imidazole rings is 1. The molecule has 0 aliphatic carbocycles. The number of hydrogen-bond acceptors (Lipinski definition) is 6. The molecule has 1 aromatic heterocycles. The largest absolute Gasteiger partial charge is 0.476 e. The molecule has 31 heavy (non-hydrogen) atoms. The van der Waals surface area contributed by atoms with Gasteiger partial charge in [-0.1, -0.05) is 11.6 Å². The summed E-state index contributed by atoms with van der Waals surface area (Å²) in [6, 6.07) is 5.30. The lowest BCUT2D eigenvalue weighted by Crippen LogP contribution is -2.51. The lowest BCUT2D eigenvalue weighted by molar-refractivity contribution is -0.127. The van der Waals surface area contributed by atoms with Crippen molar-refractivity contribution in [3.05, 3.63) is 35.9 Å². The van der Waals surface area contributed by atoms with Gasteiger partial charge in [-0.3, -0.25) is 9.69 Å². The number of aromatic nitrogens is 2. The highest BCUT2D eigenvalue weighted by Crippen LogP contribution is 2.40. The van der Waals surface area contributed by atoms with E-state index in [1.165, 1.54) is 4.90 Å². The van der Waals surface area contributed by atoms with Crippen LogP contribution in [0.25, 0.3) is 5.69 Å². The number of halogens is 1. The molecule has 9 nitrogen and oxygen atoms in total. The second-order valence-corrected chi connectivity index (χ2v) is 8.40. The molecule has 0 bridgehead atoms. The predicted molar refractivity (Wildman–Crippen MR) is 114 cm³/mol. The van der Waals surface area contributed by atoms with E-state index in [0.717, 1.165) is 0 Å². The molecular formula is C21H24ClN5O4. The number of amides is 2. The van der Waals surface area contributed by atoms with E-state index in [2.05, 4.69) is 10.3 Å². The number of rotatable bonds is 5. The van der Waals surface area contributed by atoms with Crippen LogP contribution < -0.4 is 15.0 Å². The molecule has 2 aromatic rings. The minimum Gasteiger partial charge on any atom is -0.476 e. The number of unbranched alkanes of at least 4 members (excludes halogenated alkanes) is 1. The molecule has 1 aliphatic rings. The van der Waals surface area contributed by atoms with Gasteiger partial charge in [-0.2, -0.15) is 5.26 Å². The Kier molecular flexibility index (Phi) is 6.71. The third-order valence-electron chi connectivity index (χ3n) is 4.39. The van der Waals surface area contributed by atoms with Crippen molar-refractivity contribution in [1.82, 2.24) is 14.9 Å². The number of carbonyl (C=O) groups excluding carboxylic acids is 2. The molecule has 2 heterocycles. The van der Waals surface area contributed by atoms with Crippen LogP contribution in [0.15, 0.2) is 30.9 Å². The Bertz CT molecular complexity index is 994. The molecule has 0 spiro atoms. The van der Waals surface area contributed by atoms with Gasteiger partial charge in [0.2, 0.25) is 0 Å². The van der Waals surface area contributed by atoms with E-state index in [1.807, 2.05) is 6.07 Å². The van der Waals surface area contributed by atoms with Crippen LogP contribution in [0.5, 0.6) is 5.75 Å². The predicted octanol–water partition coefficient (Wildman–Crippen LogP) is 3.45. The average molecular weight is 446 g/mol. The van der Waals surface area contributed by atoms with Crippen LogP contribution in [0, 0.1) is 11.3 Å². The number of hydrogen-bond donors (Lipinski definition) is 1. The van der Waals surface area contributed by atoms with Gasteiger partial charge in [0.05, 0.1) is 35.3 Å². The van der Waals surface area contributed by atoms with E-state index in [1.54, 1.807) is 56.2 Å². The van der Waals surface area contributed by atoms with Crippen LogP contribution >= 0.6 is 11.6 Å². The molecule has 164 valence electrons. The summed E-state index contributed by atoms with van der Waals surface area (Å²) in [4.78, 5) is 30.9. The average Bonchev–Trinajstić information content (AvgIpc) is 3.23. The summed E-state index contributed by atoms with van der Waals surface area (Å²) in [5, 5.41) is 11.8. The molecule has 10 heteroatoms. The number of benzene rings is 1. The maximum Gasteiger partial charge on any atom is 0.415 e. The molecule has 1 aliphatic heterocycles. The molecule has 1 N–H and O–H groups in total. The fraction of sp³-hybridized carbons (Fsp3) is 0.429. The third-order valence-corrected chi connectivity index (χ3v) is 4.69. The Hall–Kier alpha value is -3.25. The first kappa shape index (κ1) is 22.4. The number of nitrogens with one attached hydrogen (secondary N) is 1. The quantitative estimate of drug-likeness (QED) is 0.706. The van der Waals surface area contributed by atoms with Gasteiger partial charge < -0.3 is 19.4 Å². The van der Waals surface area contributed by atoms with Crippen molar-refractivity contribution in [1.29, 1.82) is 5.26 Å². The normalized spacial score (nSPS) is 15.5. The molecule has 3 rings (SSSR count). The van der Waals surface area contributed by atoms with Crippen molar-refractivity contribution in [2.45, 2.75) is 45.3 Å². The number of ether oxygens (including phenoxy) is 2. The van der Waals surface area contributed by atoms with Gasteiger partial charge in [0.1, 0.15) is 11.4 Å². The Morgan fingerprint density at radius 3 is 2.81 bits per heavy atom. The second-order valence-electron chi connectivity index (χ2n) is 7.99. The molecule has 2 amide bonds. The summed E-state index contributed by atoms with van der Waals surface area (Å²) in [5.74, 6) is -0.0568. The first-order valence-corrected chi connectivity index (χ1v) is 10.2. The van der Waals surface area contributed by atoms with Gasteiger partial charge in [0.15, 0.2) is 6.10 Å². The standard InChI is InChI=1S/C21H24ClN5O4/c1-21(2,3)31-20(29)27-12-18(19(28)25-7-5-4-6-23)30-17-11-15(14(22)10-16(17)27)26-9-8-24-13-26/h8-11,13,18H,4-5,7,12H2,1-3H3,(H,25,28). The summed E-state index contributed by atoms with van der Waals surface area (Å²) in [7, 11) is 0. The zero-order valence-corrected chi connectivity index (χ0v) is 18.3. The second kappa shape index (κ2) is 9.27. The zero-order chi connectivity index (χ0) is 22.6. The van der Waals surface area contributed by atoms with Crippen molar-refractivity contribution in [3.63, 3.8) is 0 Å². The van der Waals surface area contributed by atoms with Gasteiger partial charge in [-0.15, -0.1) is 0 Å². The number of fused-ring (bicyclic) bond motifs is 1. The summed E-state index contributed by atoms with van der Waals surface area (Å²) in [6.45, 7) is 5.60. The maximum atomic E-state index is 12.9. The highest BCUT2D eigenvalue weighted by Gasteiger charge is 2.36. The number of anilines is 1. The van der Waals surface area contributed by atoms with E-state index in [4.69, 9.17) is 26.3 Å². The van der Waals surface area contributed by atoms with Gasteiger partial charge in [-0.05, 0) is 33.3 Å². The zero-order valence-electron chi connectivity index (χ0n) is 17.6. The fourth-order valence-corrected chi connectivity index (χ4v) is 3.27. The van der Waals surface area contributed by atoms with Crippen molar-refractivity contribution in [2.75, 3.05) is 18.0 Å². The van der Waals surface area contributed by atoms with Crippen LogP contribution in [-0.2, 0) is 9.53 Å². The summed E-state index contributed by atoms with van der Waals surface area (Å²) in [6.07, 6.45) is 4.24. The van der Waals surface area contributed by atoms with Crippen LogP contribution in [0.3, 0.4) is 0 Å². The molecule has 1 unspecified atom stereocenters. The minimum absolute atomic E-state index is 0.0350. The smallest absolute Gasteiger partial charge is 0.415 e. The highest BCUT2D eigenvalue weighted by molar-refractivity contribution is 6.33. The topological polar surface area (TPSA) is 109 Å². The molecule has 0 saturated carbocycles. The number of carbonyl (C=O) groups is 2. The SMILES string of the molecule is CC(C)(C)OC(=O)N1CC(C(=O)NCCCC#N)Oc2cc(-n3ccnc3)c(Cl)cc21. The van der Waals surface area contributed by atoms with Crippen molar-refractivity contribution in [3.8, 4) is 17.5 Å². The minimum atomic E-state index is -0.945. The summed E-state index contributed by atoms with van der Waals surface area (Å²) < 4.78 is 13.2. The van der Waals surface area contributed by atoms with Gasteiger partial charge >= 0.3 is 6.09 Å². The van der Waals surface area contributed by atoms with Crippen LogP contribution in [0.4, 0.5) is 10.5 Å². The molecule has 1 atom stereocenters. The van der Waals surface area contributed by atoms with Crippen LogP contribution in [0.2, 0.25) is 5.02 Å². The highest BCUT2D eigenvalue weighted by atomic mass is 35.5. The monoisotopic (exact) mass is 445 g/mol. The molecule has 0 radical (unpaired) electrons. The fourth-order valence-electron chi connectivity index (χ4n) is 3.01. The van der Waals surface area contributed by atoms with Crippen LogP contribution in [-0.4, -0.2) is 46.3 Å². The Balaban J connectivity index is 1.92. The molecular weight excluding hydrogens is 422 g/mol. The van der Waals surface area contributed by atoms with Gasteiger partial charge in [0.25, 0.3) is 5.91 Å². The lowest BCUT2D eigenvalue weighted by atomic mass is 10.1. The van der Waals surface area contributed by atoms with Gasteiger partial charge in [-0.25, -0.2) is 9.78 Å². The van der Waals surface area contributed by atoms with Crippen molar-refractivity contribution >= 4 is 29.3 Å². The van der Waals surface area contributed by atoms with E-state index in [-0.39, 0.29) is 12.5 Å². The Morgan fingerprint density at radius 2 is 2.16 bits per heavy atom. The molecule has 0 saturated heterocycles. The summed E-state index contributed by atoms with van der Waals surface area (Å²) in [5.41, 5.74) is 0.291. The Labute approximate surface area is 185 Å².